The molecule has 4 rings (SSSR count). The van der Waals surface area contributed by atoms with Gasteiger partial charge in [-0.05, 0) is 38.1 Å². The highest BCUT2D eigenvalue weighted by atomic mass is 16.2. The summed E-state index contributed by atoms with van der Waals surface area (Å²) in [4.78, 5) is 27.9. The molecule has 0 aliphatic carbocycles. The van der Waals surface area contributed by atoms with Crippen LogP contribution in [-0.2, 0) is 4.79 Å². The molecule has 2 aromatic rings. The summed E-state index contributed by atoms with van der Waals surface area (Å²) >= 11 is 0. The van der Waals surface area contributed by atoms with Crippen LogP contribution in [0.1, 0.15) is 29.6 Å². The zero-order chi connectivity index (χ0) is 18.0. The number of benzene rings is 2. The Labute approximate surface area is 153 Å². The molecule has 1 amide bonds. The van der Waals surface area contributed by atoms with Crippen molar-refractivity contribution in [1.29, 1.82) is 0 Å². The van der Waals surface area contributed by atoms with Crippen molar-refractivity contribution < 1.29 is 9.59 Å². The first-order valence-electron chi connectivity index (χ1n) is 9.15. The summed E-state index contributed by atoms with van der Waals surface area (Å²) in [6, 6.07) is 19.2. The lowest BCUT2D eigenvalue weighted by molar-refractivity contribution is -0.124. The van der Waals surface area contributed by atoms with Crippen molar-refractivity contribution in [3.63, 3.8) is 0 Å². The number of nitrogens with zero attached hydrogens (tertiary/aromatic N) is 1. The summed E-state index contributed by atoms with van der Waals surface area (Å²) in [6.45, 7) is 1.60. The van der Waals surface area contributed by atoms with Crippen LogP contribution in [0.15, 0.2) is 60.7 Å². The van der Waals surface area contributed by atoms with Gasteiger partial charge in [0, 0.05) is 17.7 Å². The number of rotatable bonds is 4. The third-order valence-electron chi connectivity index (χ3n) is 5.43. The van der Waals surface area contributed by atoms with Crippen molar-refractivity contribution in [2.24, 2.45) is 0 Å². The standard InChI is InChI=1S/C21H23N3O2/c25-18(16-7-3-1-4-8-16)15-19-23-20(26)21(11-13-22-14-12-21)24(19)17-9-5-2-6-10-17/h1-10,19,22H,11-15H2,(H,23,26). The molecule has 2 heterocycles. The Kier molecular flexibility index (Phi) is 4.47. The van der Waals surface area contributed by atoms with Crippen molar-refractivity contribution in [3.05, 3.63) is 66.2 Å². The maximum Gasteiger partial charge on any atom is 0.247 e. The number of carbonyl (C=O) groups is 2. The molecule has 2 saturated heterocycles. The van der Waals surface area contributed by atoms with Gasteiger partial charge in [0.1, 0.15) is 11.7 Å². The lowest BCUT2D eigenvalue weighted by Crippen LogP contribution is -2.56. The van der Waals surface area contributed by atoms with Crippen LogP contribution in [-0.4, -0.2) is 36.5 Å². The fourth-order valence-electron chi connectivity index (χ4n) is 4.14. The number of anilines is 1. The summed E-state index contributed by atoms with van der Waals surface area (Å²) in [5.74, 6) is 0.0801. The number of carbonyl (C=O) groups excluding carboxylic acids is 2. The van der Waals surface area contributed by atoms with Gasteiger partial charge in [0.25, 0.3) is 0 Å². The summed E-state index contributed by atoms with van der Waals surface area (Å²) in [5, 5.41) is 6.44. The van der Waals surface area contributed by atoms with Gasteiger partial charge in [-0.25, -0.2) is 0 Å². The predicted octanol–water partition coefficient (Wildman–Crippen LogP) is 2.34. The van der Waals surface area contributed by atoms with Gasteiger partial charge in [-0.3, -0.25) is 9.59 Å². The van der Waals surface area contributed by atoms with Gasteiger partial charge >= 0.3 is 0 Å². The Balaban J connectivity index is 1.67. The minimum absolute atomic E-state index is 0.0358. The molecule has 0 aromatic heterocycles. The van der Waals surface area contributed by atoms with E-state index in [2.05, 4.69) is 15.5 Å². The van der Waals surface area contributed by atoms with Crippen LogP contribution in [0.4, 0.5) is 5.69 Å². The van der Waals surface area contributed by atoms with Crippen LogP contribution in [0.25, 0.3) is 0 Å². The Morgan fingerprint density at radius 1 is 1.00 bits per heavy atom. The van der Waals surface area contributed by atoms with Crippen LogP contribution < -0.4 is 15.5 Å². The third-order valence-corrected chi connectivity index (χ3v) is 5.43. The van der Waals surface area contributed by atoms with E-state index < -0.39 is 5.54 Å². The SMILES string of the molecule is O=C(CC1NC(=O)C2(CCNCC2)N1c1ccccc1)c1ccccc1. The fraction of sp³-hybridized carbons (Fsp3) is 0.333. The Morgan fingerprint density at radius 3 is 2.27 bits per heavy atom. The lowest BCUT2D eigenvalue weighted by atomic mass is 9.86. The number of ketones is 1. The summed E-state index contributed by atoms with van der Waals surface area (Å²) in [5.41, 5.74) is 1.09. The molecule has 1 unspecified atom stereocenters. The van der Waals surface area contributed by atoms with E-state index in [4.69, 9.17) is 0 Å². The van der Waals surface area contributed by atoms with Crippen LogP contribution >= 0.6 is 0 Å². The van der Waals surface area contributed by atoms with Gasteiger partial charge in [-0.1, -0.05) is 48.5 Å². The van der Waals surface area contributed by atoms with Crippen molar-refractivity contribution >= 4 is 17.4 Å². The molecule has 2 N–H and O–H groups in total. The number of para-hydroxylation sites is 1. The lowest BCUT2D eigenvalue weighted by Gasteiger charge is -2.42. The molecule has 0 saturated carbocycles. The largest absolute Gasteiger partial charge is 0.336 e. The molecular weight excluding hydrogens is 326 g/mol. The summed E-state index contributed by atoms with van der Waals surface area (Å²) in [7, 11) is 0. The van der Waals surface area contributed by atoms with E-state index in [0.717, 1.165) is 31.6 Å². The van der Waals surface area contributed by atoms with Gasteiger partial charge in [0.15, 0.2) is 5.78 Å². The molecule has 134 valence electrons. The van der Waals surface area contributed by atoms with Crippen molar-refractivity contribution in [3.8, 4) is 0 Å². The molecule has 2 aliphatic heterocycles. The second kappa shape index (κ2) is 6.92. The van der Waals surface area contributed by atoms with Gasteiger partial charge < -0.3 is 15.5 Å². The molecule has 1 spiro atoms. The van der Waals surface area contributed by atoms with Gasteiger partial charge in [0.05, 0.1) is 0 Å². The van der Waals surface area contributed by atoms with E-state index in [9.17, 15) is 9.59 Å². The first-order chi connectivity index (χ1) is 12.7. The molecule has 2 aliphatic rings. The molecular formula is C21H23N3O2. The highest BCUT2D eigenvalue weighted by molar-refractivity contribution is 5.99. The number of amides is 1. The maximum absolute atomic E-state index is 13.0. The number of hydrogen-bond acceptors (Lipinski definition) is 4. The highest BCUT2D eigenvalue weighted by Gasteiger charge is 2.53. The average Bonchev–Trinajstić information content (AvgIpc) is 2.94. The zero-order valence-corrected chi connectivity index (χ0v) is 14.7. The van der Waals surface area contributed by atoms with E-state index in [1.807, 2.05) is 60.7 Å². The Bertz CT molecular complexity index is 785. The minimum atomic E-state index is -0.575. The quantitative estimate of drug-likeness (QED) is 0.832. The topological polar surface area (TPSA) is 61.4 Å². The number of piperidine rings is 1. The molecule has 2 fully saturated rings. The number of Topliss-reactive ketones (excluding diaryl/α,β-unsaturated/α-hetero) is 1. The van der Waals surface area contributed by atoms with Gasteiger partial charge in [0.2, 0.25) is 5.91 Å². The summed E-state index contributed by atoms with van der Waals surface area (Å²) in [6.07, 6.45) is 1.42. The highest BCUT2D eigenvalue weighted by Crippen LogP contribution is 2.38. The maximum atomic E-state index is 13.0. The van der Waals surface area contributed by atoms with Crippen LogP contribution in [0.3, 0.4) is 0 Å². The van der Waals surface area contributed by atoms with Crippen LogP contribution in [0.2, 0.25) is 0 Å². The van der Waals surface area contributed by atoms with E-state index in [-0.39, 0.29) is 24.3 Å². The molecule has 1 atom stereocenters. The van der Waals surface area contributed by atoms with Crippen molar-refractivity contribution in [2.75, 3.05) is 18.0 Å². The number of nitrogens with one attached hydrogen (secondary N) is 2. The van der Waals surface area contributed by atoms with Gasteiger partial charge in [-0.2, -0.15) is 0 Å². The predicted molar refractivity (Wildman–Crippen MR) is 101 cm³/mol. The molecule has 0 bridgehead atoms. The van der Waals surface area contributed by atoms with Crippen LogP contribution in [0, 0.1) is 0 Å². The molecule has 5 heteroatoms. The van der Waals surface area contributed by atoms with E-state index in [1.54, 1.807) is 0 Å². The monoisotopic (exact) mass is 349 g/mol. The molecule has 5 nitrogen and oxygen atoms in total. The van der Waals surface area contributed by atoms with Crippen molar-refractivity contribution in [1.82, 2.24) is 10.6 Å². The second-order valence-corrected chi connectivity index (χ2v) is 6.97. The first-order valence-corrected chi connectivity index (χ1v) is 9.15. The average molecular weight is 349 g/mol. The second-order valence-electron chi connectivity index (χ2n) is 6.97. The molecule has 2 aromatic carbocycles. The summed E-state index contributed by atoms with van der Waals surface area (Å²) < 4.78 is 0. The third kappa shape index (κ3) is 2.88. The van der Waals surface area contributed by atoms with E-state index in [0.29, 0.717) is 5.56 Å². The van der Waals surface area contributed by atoms with Crippen molar-refractivity contribution in [2.45, 2.75) is 31.0 Å². The molecule has 26 heavy (non-hydrogen) atoms. The van der Waals surface area contributed by atoms with E-state index in [1.165, 1.54) is 0 Å². The zero-order valence-electron chi connectivity index (χ0n) is 14.7. The fourth-order valence-corrected chi connectivity index (χ4v) is 4.14. The minimum Gasteiger partial charge on any atom is -0.336 e. The Morgan fingerprint density at radius 2 is 1.62 bits per heavy atom. The smallest absolute Gasteiger partial charge is 0.247 e. The van der Waals surface area contributed by atoms with Crippen LogP contribution in [0.5, 0.6) is 0 Å². The first kappa shape index (κ1) is 16.8. The number of hydrogen-bond donors (Lipinski definition) is 2. The van der Waals surface area contributed by atoms with Gasteiger partial charge in [-0.15, -0.1) is 0 Å². The van der Waals surface area contributed by atoms with E-state index >= 15 is 0 Å². The molecule has 0 radical (unpaired) electrons. The Hall–Kier alpha value is -2.66. The normalized spacial score (nSPS) is 21.6.